The van der Waals surface area contributed by atoms with E-state index in [0.29, 0.717) is 0 Å². The van der Waals surface area contributed by atoms with Crippen LogP contribution in [0.5, 0.6) is 0 Å². The lowest BCUT2D eigenvalue weighted by atomic mass is 10.3. The van der Waals surface area contributed by atoms with Crippen molar-refractivity contribution in [2.24, 2.45) is 4.99 Å². The molecule has 0 rings (SSSR count). The Morgan fingerprint density at radius 2 is 2.11 bits per heavy atom. The first kappa shape index (κ1) is 8.45. The van der Waals surface area contributed by atoms with Gasteiger partial charge in [-0.2, -0.15) is 0 Å². The van der Waals surface area contributed by atoms with Crippen LogP contribution in [0.1, 0.15) is 33.6 Å². The van der Waals surface area contributed by atoms with Gasteiger partial charge in [-0.05, 0) is 31.7 Å². The van der Waals surface area contributed by atoms with Crippen LogP contribution in [-0.4, -0.2) is 12.4 Å². The molecule has 0 radical (unpaired) electrons. The molecule has 0 N–H and O–H groups in total. The zero-order valence-corrected chi connectivity index (χ0v) is 6.57. The normalized spacial score (nSPS) is 8.33. The van der Waals surface area contributed by atoms with Crippen molar-refractivity contribution in [2.75, 3.05) is 6.54 Å². The third-order valence-corrected chi connectivity index (χ3v) is 0.926. The first-order valence-electron chi connectivity index (χ1n) is 3.50. The van der Waals surface area contributed by atoms with Gasteiger partial charge < -0.3 is 0 Å². The smallest absolute Gasteiger partial charge is 0.0483 e. The highest BCUT2D eigenvalue weighted by Crippen LogP contribution is 1.85. The fraction of sp³-hybridized carbons (Fsp3) is 0.750. The molecular formula is C8H15N. The SMILES string of the molecule is CCCCN=C=C(C)C. The molecule has 0 unspecified atom stereocenters. The van der Waals surface area contributed by atoms with Gasteiger partial charge in [0.15, 0.2) is 0 Å². The summed E-state index contributed by atoms with van der Waals surface area (Å²) in [5, 5.41) is 0. The van der Waals surface area contributed by atoms with E-state index in [2.05, 4.69) is 17.8 Å². The number of rotatable bonds is 3. The number of aliphatic imine (C=N–C) groups is 1. The van der Waals surface area contributed by atoms with Gasteiger partial charge in [0.2, 0.25) is 0 Å². The molecular weight excluding hydrogens is 110 g/mol. The van der Waals surface area contributed by atoms with Gasteiger partial charge in [-0.25, -0.2) is 4.99 Å². The highest BCUT2D eigenvalue weighted by Gasteiger charge is 1.75. The number of nitrogens with zero attached hydrogens (tertiary/aromatic N) is 1. The molecule has 0 aromatic heterocycles. The van der Waals surface area contributed by atoms with Crippen molar-refractivity contribution in [1.82, 2.24) is 0 Å². The summed E-state index contributed by atoms with van der Waals surface area (Å²) in [6.45, 7) is 7.12. The zero-order valence-electron chi connectivity index (χ0n) is 6.57. The largest absolute Gasteiger partial charge is 0.243 e. The van der Waals surface area contributed by atoms with E-state index in [1.165, 1.54) is 12.8 Å². The summed E-state index contributed by atoms with van der Waals surface area (Å²) < 4.78 is 0. The van der Waals surface area contributed by atoms with Gasteiger partial charge in [-0.3, -0.25) is 0 Å². The Morgan fingerprint density at radius 3 is 2.56 bits per heavy atom. The third-order valence-electron chi connectivity index (χ3n) is 0.926. The standard InChI is InChI=1S/C8H15N/c1-4-5-6-9-7-8(2)3/h4-6H2,1-3H3. The summed E-state index contributed by atoms with van der Waals surface area (Å²) >= 11 is 0. The molecule has 0 aliphatic rings. The summed E-state index contributed by atoms with van der Waals surface area (Å²) in [5.74, 6) is 2.92. The van der Waals surface area contributed by atoms with Crippen LogP contribution in [0.3, 0.4) is 0 Å². The lowest BCUT2D eigenvalue weighted by Crippen LogP contribution is -1.76. The predicted molar refractivity (Wildman–Crippen MR) is 42.1 cm³/mol. The van der Waals surface area contributed by atoms with Gasteiger partial charge in [0.25, 0.3) is 0 Å². The van der Waals surface area contributed by atoms with E-state index in [0.717, 1.165) is 12.1 Å². The third kappa shape index (κ3) is 7.45. The molecule has 0 atom stereocenters. The second kappa shape index (κ2) is 5.58. The van der Waals surface area contributed by atoms with Gasteiger partial charge in [0, 0.05) is 6.54 Å². The van der Waals surface area contributed by atoms with E-state index in [-0.39, 0.29) is 0 Å². The molecule has 9 heavy (non-hydrogen) atoms. The highest BCUT2D eigenvalue weighted by atomic mass is 14.7. The molecule has 1 nitrogen and oxygen atoms in total. The van der Waals surface area contributed by atoms with E-state index in [9.17, 15) is 0 Å². The van der Waals surface area contributed by atoms with Gasteiger partial charge in [-0.15, -0.1) is 0 Å². The van der Waals surface area contributed by atoms with Crippen molar-refractivity contribution < 1.29 is 0 Å². The number of hydrogen-bond donors (Lipinski definition) is 0. The maximum atomic E-state index is 4.07. The molecule has 0 amide bonds. The fourth-order valence-corrected chi connectivity index (χ4v) is 0.451. The van der Waals surface area contributed by atoms with Crippen LogP contribution in [0.2, 0.25) is 0 Å². The van der Waals surface area contributed by atoms with Crippen LogP contribution in [0, 0.1) is 0 Å². The van der Waals surface area contributed by atoms with E-state index in [1.807, 2.05) is 13.8 Å². The molecule has 0 fully saturated rings. The first-order chi connectivity index (χ1) is 4.27. The Hall–Kier alpha value is -0.550. The maximum absolute atomic E-state index is 4.07. The minimum atomic E-state index is 0.932. The lowest BCUT2D eigenvalue weighted by Gasteiger charge is -1.84. The van der Waals surface area contributed by atoms with E-state index < -0.39 is 0 Å². The summed E-state index contributed by atoms with van der Waals surface area (Å²) in [4.78, 5) is 4.07. The van der Waals surface area contributed by atoms with Crippen LogP contribution < -0.4 is 0 Å². The molecule has 0 spiro atoms. The van der Waals surface area contributed by atoms with Gasteiger partial charge in [0.05, 0.1) is 0 Å². The minimum Gasteiger partial charge on any atom is -0.243 e. The van der Waals surface area contributed by atoms with Crippen LogP contribution in [-0.2, 0) is 0 Å². The average molecular weight is 125 g/mol. The Labute approximate surface area is 57.5 Å². The number of unbranched alkanes of at least 4 members (excludes halogenated alkanes) is 1. The molecule has 0 aliphatic heterocycles. The van der Waals surface area contributed by atoms with Gasteiger partial charge >= 0.3 is 0 Å². The molecule has 52 valence electrons. The van der Waals surface area contributed by atoms with Crippen LogP contribution in [0.25, 0.3) is 0 Å². The molecule has 0 aromatic rings. The Balaban J connectivity index is 3.36. The van der Waals surface area contributed by atoms with E-state index in [1.54, 1.807) is 0 Å². The Kier molecular flexibility index (Phi) is 5.24. The van der Waals surface area contributed by atoms with Gasteiger partial charge in [-0.1, -0.05) is 13.3 Å². The second-order valence-corrected chi connectivity index (χ2v) is 2.35. The summed E-state index contributed by atoms with van der Waals surface area (Å²) in [7, 11) is 0. The van der Waals surface area contributed by atoms with Crippen molar-refractivity contribution in [3.05, 3.63) is 5.57 Å². The lowest BCUT2D eigenvalue weighted by molar-refractivity contribution is 0.811. The zero-order chi connectivity index (χ0) is 7.11. The molecule has 0 aromatic carbocycles. The quantitative estimate of drug-likeness (QED) is 0.406. The van der Waals surface area contributed by atoms with Crippen molar-refractivity contribution in [2.45, 2.75) is 33.6 Å². The van der Waals surface area contributed by atoms with Crippen LogP contribution >= 0.6 is 0 Å². The maximum Gasteiger partial charge on any atom is 0.0483 e. The topological polar surface area (TPSA) is 12.4 Å². The molecule has 0 saturated heterocycles. The monoisotopic (exact) mass is 125 g/mol. The highest BCUT2D eigenvalue weighted by molar-refractivity contribution is 5.55. The van der Waals surface area contributed by atoms with Gasteiger partial charge in [0.1, 0.15) is 0 Å². The first-order valence-corrected chi connectivity index (χ1v) is 3.50. The Morgan fingerprint density at radius 1 is 1.44 bits per heavy atom. The summed E-state index contributed by atoms with van der Waals surface area (Å²) in [6, 6.07) is 0. The summed E-state index contributed by atoms with van der Waals surface area (Å²) in [5.41, 5.74) is 1.16. The Bertz CT molecular complexity index is 115. The second-order valence-electron chi connectivity index (χ2n) is 2.35. The van der Waals surface area contributed by atoms with Crippen LogP contribution in [0.15, 0.2) is 10.6 Å². The minimum absolute atomic E-state index is 0.932. The van der Waals surface area contributed by atoms with E-state index >= 15 is 0 Å². The molecule has 0 heterocycles. The molecule has 1 heteroatoms. The van der Waals surface area contributed by atoms with Crippen molar-refractivity contribution >= 4 is 5.87 Å². The predicted octanol–water partition coefficient (Wildman–Crippen LogP) is 2.42. The van der Waals surface area contributed by atoms with Crippen LogP contribution in [0.4, 0.5) is 0 Å². The molecule has 0 bridgehead atoms. The summed E-state index contributed by atoms with van der Waals surface area (Å²) in [6.07, 6.45) is 2.40. The van der Waals surface area contributed by atoms with Crippen molar-refractivity contribution in [3.63, 3.8) is 0 Å². The van der Waals surface area contributed by atoms with Crippen molar-refractivity contribution in [3.8, 4) is 0 Å². The van der Waals surface area contributed by atoms with Crippen molar-refractivity contribution in [1.29, 1.82) is 0 Å². The van der Waals surface area contributed by atoms with E-state index in [4.69, 9.17) is 0 Å². The number of allylic oxidation sites excluding steroid dienone is 1. The molecule has 0 saturated carbocycles. The number of hydrogen-bond acceptors (Lipinski definition) is 1. The molecule has 0 aliphatic carbocycles. The fourth-order valence-electron chi connectivity index (χ4n) is 0.451. The average Bonchev–Trinajstić information content (AvgIpc) is 1.80.